The van der Waals surface area contributed by atoms with Gasteiger partial charge in [-0.1, -0.05) is 39.8 Å². The molecule has 0 saturated heterocycles. The van der Waals surface area contributed by atoms with Gasteiger partial charge in [-0.3, -0.25) is 19.4 Å². The van der Waals surface area contributed by atoms with Crippen LogP contribution in [-0.2, 0) is 9.59 Å². The van der Waals surface area contributed by atoms with E-state index in [2.05, 4.69) is 41.9 Å². The quantitative estimate of drug-likeness (QED) is 0.219. The molecule has 2 aromatic carbocycles. The van der Waals surface area contributed by atoms with Gasteiger partial charge in [0.1, 0.15) is 0 Å². The second kappa shape index (κ2) is 8.80. The Morgan fingerprint density at radius 1 is 1.22 bits per heavy atom. The molecule has 1 N–H and O–H groups in total. The largest absolute Gasteiger partial charge is 0.425 e. The molecule has 8 nitrogen and oxygen atoms in total. The molecule has 3 aromatic rings. The van der Waals surface area contributed by atoms with Crippen molar-refractivity contribution in [3.05, 3.63) is 61.3 Å². The zero-order valence-corrected chi connectivity index (χ0v) is 21.2. The van der Waals surface area contributed by atoms with Gasteiger partial charge in [-0.15, -0.1) is 0 Å². The predicted molar refractivity (Wildman–Crippen MR) is 127 cm³/mol. The molecular formula is C21H17Br2N4O4S+. The van der Waals surface area contributed by atoms with Crippen LogP contribution in [0.1, 0.15) is 25.6 Å². The Morgan fingerprint density at radius 2 is 1.94 bits per heavy atom. The van der Waals surface area contributed by atoms with E-state index in [1.807, 2.05) is 0 Å². The average molecular weight is 581 g/mol. The molecule has 0 radical (unpaired) electrons. The molecule has 0 spiro atoms. The molecule has 11 heteroatoms. The number of nitrogens with zero attached hydrogens (tertiary/aromatic N) is 3. The molecule has 1 atom stereocenters. The number of aromatic nitrogens is 3. The van der Waals surface area contributed by atoms with Crippen molar-refractivity contribution in [1.82, 2.24) is 10.1 Å². The lowest BCUT2D eigenvalue weighted by molar-refractivity contribution is -0.763. The summed E-state index contributed by atoms with van der Waals surface area (Å²) in [7, 11) is 0. The molecule has 1 aliphatic heterocycles. The lowest BCUT2D eigenvalue weighted by Crippen LogP contribution is -2.60. The maximum absolute atomic E-state index is 13.1. The van der Waals surface area contributed by atoms with E-state index in [1.54, 1.807) is 47.6 Å². The summed E-state index contributed by atoms with van der Waals surface area (Å²) >= 11 is 8.20. The Hall–Kier alpha value is -2.50. The van der Waals surface area contributed by atoms with Gasteiger partial charge in [0.05, 0.1) is 21.3 Å². The van der Waals surface area contributed by atoms with Crippen LogP contribution in [0.4, 0.5) is 5.69 Å². The highest BCUT2D eigenvalue weighted by atomic mass is 79.9. The number of hydrogen-bond donors (Lipinski definition) is 1. The maximum atomic E-state index is 13.1. The standard InChI is InChI=1S/C21H16Br2N4O4S/c1-10(28)26-16-7-5-4-6-13(16)17-19(30)24-21(32-3)25-27(17)20(26)14-8-12(22)9-15(23)18(14)31-11(2)29/h4-9,20H,1-3H3/p+1/t20-/m0/s1. The van der Waals surface area contributed by atoms with Crippen molar-refractivity contribution < 1.29 is 19.0 Å². The first-order valence-electron chi connectivity index (χ1n) is 9.39. The number of halogens is 2. The fraction of sp³-hybridized carbons (Fsp3) is 0.190. The van der Waals surface area contributed by atoms with Crippen LogP contribution in [0.25, 0.3) is 11.3 Å². The smallest absolute Gasteiger partial charge is 0.325 e. The number of hydrogen-bond acceptors (Lipinski definition) is 6. The van der Waals surface area contributed by atoms with Gasteiger partial charge in [0.2, 0.25) is 11.1 Å². The fourth-order valence-corrected chi connectivity index (χ4v) is 5.41. The molecule has 0 bridgehead atoms. The summed E-state index contributed by atoms with van der Waals surface area (Å²) in [5, 5.41) is 5.00. The Kier molecular flexibility index (Phi) is 6.24. The van der Waals surface area contributed by atoms with E-state index in [9.17, 15) is 14.4 Å². The first kappa shape index (κ1) is 22.7. The Labute approximate surface area is 204 Å². The zero-order valence-electron chi connectivity index (χ0n) is 17.2. The summed E-state index contributed by atoms with van der Waals surface area (Å²) in [6, 6.07) is 10.6. The lowest BCUT2D eigenvalue weighted by atomic mass is 10.0. The van der Waals surface area contributed by atoms with Crippen molar-refractivity contribution in [3.63, 3.8) is 0 Å². The van der Waals surface area contributed by atoms with Crippen LogP contribution < -0.4 is 19.9 Å². The molecule has 0 fully saturated rings. The molecular weight excluding hydrogens is 564 g/mol. The molecule has 2 heterocycles. The van der Waals surface area contributed by atoms with Crippen molar-refractivity contribution >= 4 is 61.2 Å². The van der Waals surface area contributed by atoms with Crippen LogP contribution in [0.3, 0.4) is 0 Å². The third-order valence-corrected chi connectivity index (χ3v) is 6.47. The van der Waals surface area contributed by atoms with Crippen molar-refractivity contribution in [2.24, 2.45) is 0 Å². The van der Waals surface area contributed by atoms with Gasteiger partial charge in [-0.05, 0) is 51.1 Å². The second-order valence-electron chi connectivity index (χ2n) is 6.94. The molecule has 4 rings (SSSR count). The van der Waals surface area contributed by atoms with Crippen LogP contribution in [0, 0.1) is 0 Å². The van der Waals surface area contributed by atoms with Crippen molar-refractivity contribution in [2.75, 3.05) is 11.2 Å². The van der Waals surface area contributed by atoms with Crippen molar-refractivity contribution in [3.8, 4) is 17.0 Å². The number of ether oxygens (including phenoxy) is 1. The SMILES string of the molecule is CSc1n[n+]2c(c(=O)[nH]1)-c1ccccc1N(C(C)=O)[C@@H]2c1cc(Br)cc(Br)c1OC(C)=O. The number of fused-ring (bicyclic) bond motifs is 3. The number of esters is 1. The molecule has 1 aromatic heterocycles. The topological polar surface area (TPSA) is 96.2 Å². The van der Waals surface area contributed by atoms with Gasteiger partial charge in [-0.25, -0.2) is 4.90 Å². The number of benzene rings is 2. The minimum absolute atomic E-state index is 0.238. The summed E-state index contributed by atoms with van der Waals surface area (Å²) in [6.07, 6.45) is 0.911. The second-order valence-corrected chi connectivity index (χ2v) is 9.50. The van der Waals surface area contributed by atoms with E-state index in [-0.39, 0.29) is 17.2 Å². The number of carbonyl (C=O) groups is 2. The predicted octanol–water partition coefficient (Wildman–Crippen LogP) is 3.81. The van der Waals surface area contributed by atoms with Crippen molar-refractivity contribution in [1.29, 1.82) is 0 Å². The monoisotopic (exact) mass is 579 g/mol. The molecule has 32 heavy (non-hydrogen) atoms. The Bertz CT molecular complexity index is 1330. The molecule has 0 aliphatic carbocycles. The molecule has 0 saturated carbocycles. The highest BCUT2D eigenvalue weighted by Crippen LogP contribution is 2.43. The normalized spacial score (nSPS) is 14.5. The summed E-state index contributed by atoms with van der Waals surface area (Å²) in [5.41, 5.74) is 1.56. The third kappa shape index (κ3) is 3.89. The number of aromatic amines is 1. The number of para-hydroxylation sites is 1. The van der Waals surface area contributed by atoms with Crippen molar-refractivity contribution in [2.45, 2.75) is 25.2 Å². The molecule has 164 valence electrons. The first-order valence-corrected chi connectivity index (χ1v) is 12.2. The number of amides is 1. The number of nitrogens with one attached hydrogen (secondary N) is 1. The fourth-order valence-electron chi connectivity index (χ4n) is 3.71. The van der Waals surface area contributed by atoms with E-state index in [1.165, 1.54) is 30.3 Å². The molecule has 1 amide bonds. The van der Waals surface area contributed by atoms with Gasteiger partial charge >= 0.3 is 17.2 Å². The summed E-state index contributed by atoms with van der Waals surface area (Å²) < 4.78 is 8.24. The van der Waals surface area contributed by atoms with Crippen LogP contribution in [-0.4, -0.2) is 28.2 Å². The number of thioether (sulfide) groups is 1. The maximum Gasteiger partial charge on any atom is 0.325 e. The van der Waals surface area contributed by atoms with E-state index in [4.69, 9.17) is 4.74 Å². The van der Waals surface area contributed by atoms with Crippen LogP contribution in [0.15, 0.2) is 55.3 Å². The highest BCUT2D eigenvalue weighted by molar-refractivity contribution is 9.11. The van der Waals surface area contributed by atoms with Crippen LogP contribution in [0.2, 0.25) is 0 Å². The molecule has 1 aliphatic rings. The van der Waals surface area contributed by atoms with E-state index in [0.29, 0.717) is 36.6 Å². The van der Waals surface area contributed by atoms with E-state index in [0.717, 1.165) is 0 Å². The minimum atomic E-state index is -0.881. The van der Waals surface area contributed by atoms with Crippen LogP contribution >= 0.6 is 43.6 Å². The van der Waals surface area contributed by atoms with Gasteiger partial charge in [-0.2, -0.15) is 0 Å². The summed E-state index contributed by atoms with van der Waals surface area (Å²) in [5.74, 6) is -0.547. The van der Waals surface area contributed by atoms with Gasteiger partial charge in [0.25, 0.3) is 6.17 Å². The van der Waals surface area contributed by atoms with Gasteiger partial charge < -0.3 is 4.74 Å². The number of carbonyl (C=O) groups excluding carboxylic acids is 2. The van der Waals surface area contributed by atoms with Crippen LogP contribution in [0.5, 0.6) is 5.75 Å². The Morgan fingerprint density at radius 3 is 2.59 bits per heavy atom. The van der Waals surface area contributed by atoms with E-state index >= 15 is 0 Å². The minimum Gasteiger partial charge on any atom is -0.425 e. The highest BCUT2D eigenvalue weighted by Gasteiger charge is 2.46. The number of rotatable bonds is 3. The number of anilines is 1. The molecule has 0 unspecified atom stereocenters. The number of H-pyrrole nitrogens is 1. The summed E-state index contributed by atoms with van der Waals surface area (Å²) in [6.45, 7) is 2.74. The van der Waals surface area contributed by atoms with Gasteiger partial charge in [0, 0.05) is 23.4 Å². The summed E-state index contributed by atoms with van der Waals surface area (Å²) in [4.78, 5) is 42.3. The first-order chi connectivity index (χ1) is 15.2. The third-order valence-electron chi connectivity index (χ3n) is 4.85. The van der Waals surface area contributed by atoms with E-state index < -0.39 is 12.1 Å². The lowest BCUT2D eigenvalue weighted by Gasteiger charge is -2.32. The Balaban J connectivity index is 2.14. The van der Waals surface area contributed by atoms with Gasteiger partial charge in [0.15, 0.2) is 5.75 Å². The zero-order chi connectivity index (χ0) is 23.2. The average Bonchev–Trinajstić information content (AvgIpc) is 2.73.